The second-order valence-corrected chi connectivity index (χ2v) is 5.99. The Balaban J connectivity index is 2.08. The second-order valence-electron chi connectivity index (χ2n) is 5.99. The number of nitrogens with zero attached hydrogens (tertiary/aromatic N) is 1. The maximum Gasteiger partial charge on any atom is 0.339 e. The molecule has 9 nitrogen and oxygen atoms in total. The number of halogens is 1. The van der Waals surface area contributed by atoms with E-state index in [0.29, 0.717) is 24.7 Å². The molecule has 0 saturated carbocycles. The van der Waals surface area contributed by atoms with Crippen molar-refractivity contribution < 1.29 is 33.1 Å². The Morgan fingerprint density at radius 2 is 1.77 bits per heavy atom. The summed E-state index contributed by atoms with van der Waals surface area (Å²) in [6, 6.07) is 7.39. The van der Waals surface area contributed by atoms with Gasteiger partial charge in [0.05, 0.1) is 23.7 Å². The first kappa shape index (κ1) is 22.6. The van der Waals surface area contributed by atoms with E-state index in [2.05, 4.69) is 5.32 Å². The highest BCUT2D eigenvalue weighted by molar-refractivity contribution is 5.97. The molecule has 2 aromatic carbocycles. The molecular weight excluding hydrogens is 399 g/mol. The summed E-state index contributed by atoms with van der Waals surface area (Å²) >= 11 is 0. The van der Waals surface area contributed by atoms with Crippen molar-refractivity contribution in [3.05, 3.63) is 57.9 Å². The first-order valence-corrected chi connectivity index (χ1v) is 9.12. The SMILES string of the molecule is CCOc1ccc(C(=O)O[C@H](C)C(=O)Nc2ccc(F)c([N+](=O)[O-])c2)cc1OCC. The minimum atomic E-state index is -1.22. The number of amides is 1. The summed E-state index contributed by atoms with van der Waals surface area (Å²) in [5, 5.41) is 13.1. The molecular formula is C20H21FN2O7. The van der Waals surface area contributed by atoms with Crippen LogP contribution in [0.2, 0.25) is 0 Å². The maximum atomic E-state index is 13.4. The zero-order chi connectivity index (χ0) is 22.3. The van der Waals surface area contributed by atoms with Crippen molar-refractivity contribution in [3.63, 3.8) is 0 Å². The zero-order valence-corrected chi connectivity index (χ0v) is 16.6. The van der Waals surface area contributed by atoms with Crippen molar-refractivity contribution in [2.24, 2.45) is 0 Å². The van der Waals surface area contributed by atoms with Gasteiger partial charge in [0.1, 0.15) is 0 Å². The number of ether oxygens (including phenoxy) is 3. The molecule has 2 rings (SSSR count). The van der Waals surface area contributed by atoms with Crippen LogP contribution in [0.3, 0.4) is 0 Å². The summed E-state index contributed by atoms with van der Waals surface area (Å²) in [7, 11) is 0. The van der Waals surface area contributed by atoms with Gasteiger partial charge in [0.25, 0.3) is 5.91 Å². The summed E-state index contributed by atoms with van der Waals surface area (Å²) in [5.41, 5.74) is -0.634. The predicted molar refractivity (Wildman–Crippen MR) is 105 cm³/mol. The Morgan fingerprint density at radius 3 is 2.40 bits per heavy atom. The molecule has 0 aromatic heterocycles. The molecule has 2 aromatic rings. The van der Waals surface area contributed by atoms with Gasteiger partial charge < -0.3 is 19.5 Å². The van der Waals surface area contributed by atoms with Crippen LogP contribution in [0.25, 0.3) is 0 Å². The number of esters is 1. The predicted octanol–water partition coefficient (Wildman–Crippen LogP) is 3.72. The average Bonchev–Trinajstić information content (AvgIpc) is 2.70. The summed E-state index contributed by atoms with van der Waals surface area (Å²) < 4.78 is 29.4. The van der Waals surface area contributed by atoms with E-state index in [-0.39, 0.29) is 11.3 Å². The molecule has 0 fully saturated rings. The largest absolute Gasteiger partial charge is 0.490 e. The van der Waals surface area contributed by atoms with Crippen molar-refractivity contribution in [3.8, 4) is 11.5 Å². The molecule has 0 unspecified atom stereocenters. The number of rotatable bonds is 9. The number of nitro groups is 1. The van der Waals surface area contributed by atoms with Crippen LogP contribution in [-0.2, 0) is 9.53 Å². The van der Waals surface area contributed by atoms with Crippen molar-refractivity contribution in [1.29, 1.82) is 0 Å². The van der Waals surface area contributed by atoms with Crippen molar-refractivity contribution >= 4 is 23.3 Å². The summed E-state index contributed by atoms with van der Waals surface area (Å²) in [6.07, 6.45) is -1.22. The van der Waals surface area contributed by atoms with Crippen LogP contribution in [0.5, 0.6) is 11.5 Å². The number of hydrogen-bond donors (Lipinski definition) is 1. The lowest BCUT2D eigenvalue weighted by Crippen LogP contribution is -2.30. The van der Waals surface area contributed by atoms with Gasteiger partial charge in [0.2, 0.25) is 5.82 Å². The van der Waals surface area contributed by atoms with Gasteiger partial charge in [0, 0.05) is 11.8 Å². The smallest absolute Gasteiger partial charge is 0.339 e. The fourth-order valence-corrected chi connectivity index (χ4v) is 2.43. The molecule has 0 aliphatic rings. The molecule has 10 heteroatoms. The molecule has 0 bridgehead atoms. The number of carbonyl (C=O) groups is 2. The van der Waals surface area contributed by atoms with Gasteiger partial charge in [-0.05, 0) is 51.1 Å². The maximum absolute atomic E-state index is 13.4. The van der Waals surface area contributed by atoms with E-state index in [1.165, 1.54) is 19.1 Å². The van der Waals surface area contributed by atoms with Crippen molar-refractivity contribution in [2.45, 2.75) is 26.9 Å². The molecule has 0 spiro atoms. The lowest BCUT2D eigenvalue weighted by molar-refractivity contribution is -0.387. The minimum Gasteiger partial charge on any atom is -0.490 e. The highest BCUT2D eigenvalue weighted by Crippen LogP contribution is 2.29. The number of nitrogens with one attached hydrogen (secondary N) is 1. The lowest BCUT2D eigenvalue weighted by Gasteiger charge is -2.15. The fourth-order valence-electron chi connectivity index (χ4n) is 2.43. The monoisotopic (exact) mass is 420 g/mol. The Bertz CT molecular complexity index is 949. The Morgan fingerprint density at radius 1 is 1.10 bits per heavy atom. The van der Waals surface area contributed by atoms with Gasteiger partial charge in [-0.25, -0.2) is 4.79 Å². The zero-order valence-electron chi connectivity index (χ0n) is 16.6. The highest BCUT2D eigenvalue weighted by Gasteiger charge is 2.22. The molecule has 1 atom stereocenters. The Hall–Kier alpha value is -3.69. The third-order valence-electron chi connectivity index (χ3n) is 3.84. The molecule has 0 heterocycles. The molecule has 0 aliphatic carbocycles. The van der Waals surface area contributed by atoms with Crippen LogP contribution >= 0.6 is 0 Å². The first-order chi connectivity index (χ1) is 14.3. The standard InChI is InChI=1S/C20H21FN2O7/c1-4-28-17-9-6-13(10-18(17)29-5-2)20(25)30-12(3)19(24)22-14-7-8-15(21)16(11-14)23(26)27/h6-12H,4-5H2,1-3H3,(H,22,24)/t12-/m1/s1. The molecule has 0 aliphatic heterocycles. The van der Waals surface area contributed by atoms with E-state index in [9.17, 15) is 24.1 Å². The van der Waals surface area contributed by atoms with Crippen LogP contribution in [0.1, 0.15) is 31.1 Å². The number of anilines is 1. The number of nitro benzene ring substituents is 1. The van der Waals surface area contributed by atoms with E-state index in [4.69, 9.17) is 14.2 Å². The normalized spacial score (nSPS) is 11.3. The van der Waals surface area contributed by atoms with Gasteiger partial charge in [0.15, 0.2) is 17.6 Å². The Labute approximate surface area is 171 Å². The number of benzene rings is 2. The van der Waals surface area contributed by atoms with Gasteiger partial charge in [-0.15, -0.1) is 0 Å². The van der Waals surface area contributed by atoms with E-state index in [0.717, 1.165) is 18.2 Å². The van der Waals surface area contributed by atoms with Crippen LogP contribution in [-0.4, -0.2) is 36.1 Å². The fraction of sp³-hybridized carbons (Fsp3) is 0.300. The molecule has 1 N–H and O–H groups in total. The van der Waals surface area contributed by atoms with Crippen LogP contribution in [0.15, 0.2) is 36.4 Å². The van der Waals surface area contributed by atoms with E-state index >= 15 is 0 Å². The van der Waals surface area contributed by atoms with Gasteiger partial charge in [-0.2, -0.15) is 4.39 Å². The quantitative estimate of drug-likeness (QED) is 0.373. The number of hydrogen-bond acceptors (Lipinski definition) is 7. The number of carbonyl (C=O) groups excluding carboxylic acids is 2. The summed E-state index contributed by atoms with van der Waals surface area (Å²) in [5.74, 6) is -1.70. The molecule has 160 valence electrons. The third kappa shape index (κ3) is 5.66. The molecule has 0 saturated heterocycles. The van der Waals surface area contributed by atoms with Gasteiger partial charge >= 0.3 is 11.7 Å². The second kappa shape index (κ2) is 10.2. The topological polar surface area (TPSA) is 117 Å². The van der Waals surface area contributed by atoms with E-state index < -0.39 is 34.4 Å². The molecule has 1 amide bonds. The van der Waals surface area contributed by atoms with E-state index in [1.807, 2.05) is 6.92 Å². The molecule has 30 heavy (non-hydrogen) atoms. The first-order valence-electron chi connectivity index (χ1n) is 9.12. The molecule has 0 radical (unpaired) electrons. The van der Waals surface area contributed by atoms with Gasteiger partial charge in [-0.3, -0.25) is 14.9 Å². The summed E-state index contributed by atoms with van der Waals surface area (Å²) in [4.78, 5) is 34.5. The van der Waals surface area contributed by atoms with Gasteiger partial charge in [-0.1, -0.05) is 0 Å². The highest BCUT2D eigenvalue weighted by atomic mass is 19.1. The average molecular weight is 420 g/mol. The van der Waals surface area contributed by atoms with Crippen LogP contribution < -0.4 is 14.8 Å². The summed E-state index contributed by atoms with van der Waals surface area (Å²) in [6.45, 7) is 5.72. The lowest BCUT2D eigenvalue weighted by atomic mass is 10.2. The van der Waals surface area contributed by atoms with E-state index in [1.54, 1.807) is 13.0 Å². The van der Waals surface area contributed by atoms with Crippen molar-refractivity contribution in [2.75, 3.05) is 18.5 Å². The third-order valence-corrected chi connectivity index (χ3v) is 3.84. The Kier molecular flexibility index (Phi) is 7.68. The van der Waals surface area contributed by atoms with Crippen molar-refractivity contribution in [1.82, 2.24) is 0 Å². The minimum absolute atomic E-state index is 0.00398. The van der Waals surface area contributed by atoms with Crippen LogP contribution in [0, 0.1) is 15.9 Å². The van der Waals surface area contributed by atoms with Crippen LogP contribution in [0.4, 0.5) is 15.8 Å².